The largest absolute Gasteiger partial charge is 0.0819 e. The highest BCUT2D eigenvalue weighted by Crippen LogP contribution is 2.55. The van der Waals surface area contributed by atoms with E-state index < -0.39 is 0 Å². The zero-order chi connectivity index (χ0) is 51.4. The number of halogens is 28. The normalized spacial score (nSPS) is 11.4. The van der Waals surface area contributed by atoms with Crippen LogP contribution in [0.1, 0.15) is 22.3 Å². The van der Waals surface area contributed by atoms with Gasteiger partial charge in [0.25, 0.3) is 0 Å². The molecule has 0 spiro atoms. The van der Waals surface area contributed by atoms with Crippen molar-refractivity contribution in [3.63, 3.8) is 0 Å². The van der Waals surface area contributed by atoms with Crippen LogP contribution in [-0.2, 0) is 0 Å². The Labute approximate surface area is 523 Å². The summed E-state index contributed by atoms with van der Waals surface area (Å²) in [5.41, 5.74) is 4.38. The molecule has 0 atom stereocenters. The van der Waals surface area contributed by atoms with Gasteiger partial charge in [-0.3, -0.25) is 0 Å². The highest BCUT2D eigenvalue weighted by Gasteiger charge is 2.33. The lowest BCUT2D eigenvalue weighted by molar-refractivity contribution is 1.46. The first-order valence-electron chi connectivity index (χ1n) is 16.5. The van der Waals surface area contributed by atoms with Crippen LogP contribution in [0.15, 0.2) is 0 Å². The van der Waals surface area contributed by atoms with E-state index in [0.717, 1.165) is 0 Å². The van der Waals surface area contributed by atoms with Crippen molar-refractivity contribution in [2.45, 2.75) is 0 Å². The first-order valence-corrected chi connectivity index (χ1v) is 27.1. The molecule has 0 nitrogen and oxygen atoms in total. The minimum Gasteiger partial charge on any atom is -0.0819 e. The molecule has 28 heteroatoms. The Bertz CT molecular complexity index is 3050. The number of rotatable bonds is 4. The van der Waals surface area contributed by atoms with Gasteiger partial charge in [0, 0.05) is 43.8 Å². The Kier molecular flexibility index (Phi) is 20.6. The fourth-order valence-corrected chi connectivity index (χ4v) is 13.7. The molecule has 6 aromatic rings. The quantitative estimate of drug-likeness (QED) is 0.122. The standard InChI is InChI=1S/C40Cl28/c41-13-3(14(42)18(46)7(17(13)45)5(9-21(49)29(57)37(65)30(58)22(9)50)10-23(51)31(59)38(66)32(60)24(10)52)1-2-4-15(43)19(47)8(20(48)16(4)44)6(11-25(53)33(61)39(67)34(62)26(11)54)12-27(55)35(63)40(68)36(64)28(12)56. The second kappa shape index (κ2) is 23.4. The summed E-state index contributed by atoms with van der Waals surface area (Å²) in [6.07, 6.45) is 0. The molecule has 0 saturated carbocycles. The smallest absolute Gasteiger partial charge is 0.0809 e. The van der Waals surface area contributed by atoms with E-state index in [1.165, 1.54) is 0 Å². The molecule has 0 N–H and O–H groups in total. The summed E-state index contributed by atoms with van der Waals surface area (Å²) in [5.74, 6) is 0. The lowest BCUT2D eigenvalue weighted by Crippen LogP contribution is -2.21. The topological polar surface area (TPSA) is 0 Å². The van der Waals surface area contributed by atoms with Gasteiger partial charge in [0.2, 0.25) is 0 Å². The number of hydrogen-bond acceptors (Lipinski definition) is 0. The minimum atomic E-state index is -0.366. The fourth-order valence-electron chi connectivity index (χ4n) is 6.09. The molecule has 0 unspecified atom stereocenters. The summed E-state index contributed by atoms with van der Waals surface area (Å²) in [4.78, 5) is 0. The first-order chi connectivity index (χ1) is 31.5. The van der Waals surface area contributed by atoms with Gasteiger partial charge in [-0.15, -0.1) is 0 Å². The molecule has 0 saturated heterocycles. The van der Waals surface area contributed by atoms with Crippen LogP contribution in [0.2, 0.25) is 141 Å². The van der Waals surface area contributed by atoms with Crippen molar-refractivity contribution in [1.29, 1.82) is 0 Å². The van der Waals surface area contributed by atoms with Crippen LogP contribution >= 0.6 is 325 Å². The van der Waals surface area contributed by atoms with Gasteiger partial charge in [0.05, 0.1) is 151 Å². The van der Waals surface area contributed by atoms with Gasteiger partial charge in [-0.1, -0.05) is 336 Å². The Balaban J connectivity index is 1.91. The molecule has 6 rings (SSSR count). The summed E-state index contributed by atoms with van der Waals surface area (Å²) < 4.78 is 0. The summed E-state index contributed by atoms with van der Waals surface area (Å²) in [6.45, 7) is 0. The van der Waals surface area contributed by atoms with Crippen molar-refractivity contribution in [1.82, 2.24) is 0 Å². The Morgan fingerprint density at radius 3 is 0.441 bits per heavy atom. The molecule has 0 aliphatic rings. The molecular formula is C40Cl28. The molecule has 0 amide bonds. The zero-order valence-corrected chi connectivity index (χ0v) is 51.7. The lowest BCUT2D eigenvalue weighted by atomic mass is 9.94. The Hall–Kier alpha value is 2.74. The third kappa shape index (κ3) is 10.2. The Morgan fingerprint density at radius 1 is 0.162 bits per heavy atom. The molecule has 68 heavy (non-hydrogen) atoms. The van der Waals surface area contributed by atoms with Crippen LogP contribution in [0.4, 0.5) is 0 Å². The molecule has 0 aliphatic carbocycles. The molecule has 0 aliphatic heterocycles. The van der Waals surface area contributed by atoms with Crippen LogP contribution in [0.25, 0.3) is 22.6 Å². The number of benzene rings is 6. The van der Waals surface area contributed by atoms with E-state index in [2.05, 4.69) is 11.5 Å². The average Bonchev–Trinajstić information content (AvgIpc) is 3.30. The average molecular weight is 1470 g/mol. The van der Waals surface area contributed by atoms with Crippen molar-refractivity contribution >= 4 is 347 Å². The predicted octanol–water partition coefficient (Wildman–Crippen LogP) is 24.5. The predicted molar refractivity (Wildman–Crippen MR) is 307 cm³/mol. The monoisotopic (exact) mass is 1460 g/mol. The molecule has 0 heterocycles. The van der Waals surface area contributed by atoms with Crippen LogP contribution < -0.4 is 20.9 Å². The lowest BCUT2D eigenvalue weighted by Gasteiger charge is -2.21. The van der Waals surface area contributed by atoms with E-state index in [-0.39, 0.29) is 195 Å². The van der Waals surface area contributed by atoms with Crippen molar-refractivity contribution in [3.8, 4) is 0 Å². The first kappa shape index (κ1) is 60.0. The van der Waals surface area contributed by atoms with E-state index in [9.17, 15) is 0 Å². The van der Waals surface area contributed by atoms with Crippen molar-refractivity contribution in [2.24, 2.45) is 0 Å². The van der Waals surface area contributed by atoms with Gasteiger partial charge in [-0.05, 0) is 0 Å². The third-order valence-corrected chi connectivity index (χ3v) is 21.7. The van der Waals surface area contributed by atoms with E-state index >= 15 is 0 Å². The molecule has 0 bridgehead atoms. The molecular weight excluding hydrogens is 1470 g/mol. The number of hydrogen-bond donors (Lipinski definition) is 0. The summed E-state index contributed by atoms with van der Waals surface area (Å²) in [5, 5.41) is -9.05. The van der Waals surface area contributed by atoms with Gasteiger partial charge >= 0.3 is 0 Å². The van der Waals surface area contributed by atoms with Crippen molar-refractivity contribution < 1.29 is 0 Å². The van der Waals surface area contributed by atoms with Crippen LogP contribution in [0.3, 0.4) is 0 Å². The van der Waals surface area contributed by atoms with Crippen LogP contribution in [0, 0.1) is 0 Å². The van der Waals surface area contributed by atoms with Crippen molar-refractivity contribution in [2.75, 3.05) is 0 Å². The Morgan fingerprint density at radius 2 is 0.294 bits per heavy atom. The molecule has 0 radical (unpaired) electrons. The van der Waals surface area contributed by atoms with Crippen LogP contribution in [0.5, 0.6) is 0 Å². The summed E-state index contributed by atoms with van der Waals surface area (Å²) >= 11 is 188. The van der Waals surface area contributed by atoms with Gasteiger partial charge < -0.3 is 0 Å². The van der Waals surface area contributed by atoms with E-state index in [1.54, 1.807) is 0 Å². The maximum absolute atomic E-state index is 7.07. The SMILES string of the molecule is Clc1c(Cl)c(Cl)c(C(c2c(Cl)c(Cl)c(Cl)c(Cl)c2Cl)=c2c(Cl)c(Cl)c(=C=C=c3c(Cl)c(Cl)c(=C(c4c(Cl)c(Cl)c(Cl)c(Cl)c4Cl)c4c(Cl)c(Cl)c(Cl)c(Cl)c4Cl)c(Cl)c3Cl)c(Cl)c2Cl)c(Cl)c1Cl. The third-order valence-electron chi connectivity index (χ3n) is 9.18. The molecule has 6 aromatic carbocycles. The fraction of sp³-hybridized carbons (Fsp3) is 0. The maximum atomic E-state index is 7.07. The van der Waals surface area contributed by atoms with E-state index in [4.69, 9.17) is 325 Å². The van der Waals surface area contributed by atoms with Gasteiger partial charge in [-0.25, -0.2) is 0 Å². The van der Waals surface area contributed by atoms with Crippen LogP contribution in [-0.4, -0.2) is 0 Å². The second-order valence-corrected chi connectivity index (χ2v) is 23.4. The highest BCUT2D eigenvalue weighted by molar-refractivity contribution is 6.61. The maximum Gasteiger partial charge on any atom is 0.0809 e. The molecule has 0 aromatic heterocycles. The minimum absolute atomic E-state index is 0.184. The van der Waals surface area contributed by atoms with E-state index in [0.29, 0.717) is 0 Å². The van der Waals surface area contributed by atoms with Gasteiger partial charge in [0.1, 0.15) is 0 Å². The summed E-state index contributed by atoms with van der Waals surface area (Å²) in [7, 11) is 0. The molecule has 356 valence electrons. The van der Waals surface area contributed by atoms with E-state index in [1.807, 2.05) is 0 Å². The molecule has 0 fully saturated rings. The summed E-state index contributed by atoms with van der Waals surface area (Å²) in [6, 6.07) is 0. The zero-order valence-electron chi connectivity index (χ0n) is 30.6. The van der Waals surface area contributed by atoms with Gasteiger partial charge in [-0.2, -0.15) is 0 Å². The highest BCUT2D eigenvalue weighted by atomic mass is 35.5. The van der Waals surface area contributed by atoms with Crippen molar-refractivity contribution in [3.05, 3.63) is 184 Å². The van der Waals surface area contributed by atoms with Gasteiger partial charge in [0.15, 0.2) is 0 Å². The second-order valence-electron chi connectivity index (χ2n) is 12.8.